The lowest BCUT2D eigenvalue weighted by atomic mass is 9.97. The summed E-state index contributed by atoms with van der Waals surface area (Å²) in [6, 6.07) is 3.58. The molecule has 1 N–H and O–H groups in total. The van der Waals surface area contributed by atoms with Crippen LogP contribution in [0.1, 0.15) is 25.3 Å². The average Bonchev–Trinajstić information content (AvgIpc) is 2.70. The Kier molecular flexibility index (Phi) is 7.32. The highest BCUT2D eigenvalue weighted by Gasteiger charge is 2.30. The predicted molar refractivity (Wildman–Crippen MR) is 102 cm³/mol. The standard InChI is InChI=1S/C18H28N2O6S/c1-5-27(22,23)20-8-6-14(7-9-20)18(21)19-12-13-10-15(24-2)17(26-4)16(11-13)25-3/h10-11,14H,5-9,12H2,1-4H3,(H,19,21). The highest BCUT2D eigenvalue weighted by atomic mass is 32.2. The number of rotatable bonds is 8. The molecule has 1 saturated heterocycles. The summed E-state index contributed by atoms with van der Waals surface area (Å²) in [5.74, 6) is 1.39. The molecular weight excluding hydrogens is 372 g/mol. The van der Waals surface area contributed by atoms with E-state index in [0.29, 0.717) is 49.7 Å². The Hall–Kier alpha value is -2.00. The van der Waals surface area contributed by atoms with Crippen LogP contribution in [0.5, 0.6) is 17.2 Å². The van der Waals surface area contributed by atoms with Crippen molar-refractivity contribution in [3.05, 3.63) is 17.7 Å². The molecule has 0 unspecified atom stereocenters. The molecule has 0 atom stereocenters. The van der Waals surface area contributed by atoms with Crippen LogP contribution >= 0.6 is 0 Å². The van der Waals surface area contributed by atoms with Crippen LogP contribution in [0.2, 0.25) is 0 Å². The minimum absolute atomic E-state index is 0.0719. The topological polar surface area (TPSA) is 94.2 Å². The molecule has 1 aromatic carbocycles. The largest absolute Gasteiger partial charge is 0.493 e. The quantitative estimate of drug-likeness (QED) is 0.709. The Balaban J connectivity index is 1.96. The Morgan fingerprint density at radius 1 is 1.11 bits per heavy atom. The zero-order valence-corrected chi connectivity index (χ0v) is 17.1. The van der Waals surface area contributed by atoms with Crippen LogP contribution < -0.4 is 19.5 Å². The van der Waals surface area contributed by atoms with E-state index in [1.165, 1.54) is 25.6 Å². The molecule has 9 heteroatoms. The summed E-state index contributed by atoms with van der Waals surface area (Å²) in [5, 5.41) is 2.92. The van der Waals surface area contributed by atoms with E-state index in [1.54, 1.807) is 19.1 Å². The number of piperidine rings is 1. The van der Waals surface area contributed by atoms with E-state index in [9.17, 15) is 13.2 Å². The third-order valence-corrected chi connectivity index (χ3v) is 6.66. The number of hydrogen-bond donors (Lipinski definition) is 1. The molecule has 0 bridgehead atoms. The first-order valence-corrected chi connectivity index (χ1v) is 10.5. The van der Waals surface area contributed by atoms with Crippen molar-refractivity contribution in [3.63, 3.8) is 0 Å². The van der Waals surface area contributed by atoms with Gasteiger partial charge in [0.2, 0.25) is 21.7 Å². The van der Waals surface area contributed by atoms with Crippen molar-refractivity contribution in [3.8, 4) is 17.2 Å². The molecule has 2 rings (SSSR count). The van der Waals surface area contributed by atoms with Crippen molar-refractivity contribution in [1.82, 2.24) is 9.62 Å². The number of amides is 1. The van der Waals surface area contributed by atoms with E-state index >= 15 is 0 Å². The molecule has 0 saturated carbocycles. The van der Waals surface area contributed by atoms with Crippen molar-refractivity contribution in [2.24, 2.45) is 5.92 Å². The van der Waals surface area contributed by atoms with Gasteiger partial charge in [-0.3, -0.25) is 4.79 Å². The summed E-state index contributed by atoms with van der Waals surface area (Å²) in [6.07, 6.45) is 1.06. The van der Waals surface area contributed by atoms with Gasteiger partial charge in [0.15, 0.2) is 11.5 Å². The Morgan fingerprint density at radius 2 is 1.67 bits per heavy atom. The summed E-state index contributed by atoms with van der Waals surface area (Å²) >= 11 is 0. The third-order valence-electron chi connectivity index (χ3n) is 4.77. The Bertz CT molecular complexity index is 732. The van der Waals surface area contributed by atoms with Gasteiger partial charge in [0.1, 0.15) is 0 Å². The highest BCUT2D eigenvalue weighted by molar-refractivity contribution is 7.89. The first kappa shape index (κ1) is 21.3. The molecular formula is C18H28N2O6S. The van der Waals surface area contributed by atoms with Crippen molar-refractivity contribution >= 4 is 15.9 Å². The van der Waals surface area contributed by atoms with Gasteiger partial charge in [-0.25, -0.2) is 12.7 Å². The summed E-state index contributed by atoms with van der Waals surface area (Å²) in [5.41, 5.74) is 0.823. The van der Waals surface area contributed by atoms with Gasteiger partial charge in [-0.2, -0.15) is 0 Å². The fourth-order valence-corrected chi connectivity index (χ4v) is 4.28. The summed E-state index contributed by atoms with van der Waals surface area (Å²) in [4.78, 5) is 12.5. The fourth-order valence-electron chi connectivity index (χ4n) is 3.15. The molecule has 1 amide bonds. The molecule has 1 aromatic rings. The zero-order valence-electron chi connectivity index (χ0n) is 16.3. The second-order valence-corrected chi connectivity index (χ2v) is 8.58. The van der Waals surface area contributed by atoms with Crippen LogP contribution in [-0.2, 0) is 21.4 Å². The first-order chi connectivity index (χ1) is 12.9. The summed E-state index contributed by atoms with van der Waals surface area (Å²) in [6.45, 7) is 2.73. The van der Waals surface area contributed by atoms with Gasteiger partial charge in [0.05, 0.1) is 27.1 Å². The van der Waals surface area contributed by atoms with Crippen LogP contribution in [-0.4, -0.2) is 58.8 Å². The van der Waals surface area contributed by atoms with E-state index in [4.69, 9.17) is 14.2 Å². The second kappa shape index (κ2) is 9.27. The molecule has 27 heavy (non-hydrogen) atoms. The average molecular weight is 400 g/mol. The van der Waals surface area contributed by atoms with Gasteiger partial charge in [-0.1, -0.05) is 0 Å². The number of nitrogens with zero attached hydrogens (tertiary/aromatic N) is 1. The van der Waals surface area contributed by atoms with Crippen LogP contribution in [0.25, 0.3) is 0 Å². The molecule has 0 aromatic heterocycles. The molecule has 1 aliphatic heterocycles. The van der Waals surface area contributed by atoms with Crippen molar-refractivity contribution in [2.45, 2.75) is 26.3 Å². The number of hydrogen-bond acceptors (Lipinski definition) is 6. The van der Waals surface area contributed by atoms with Crippen LogP contribution in [0.4, 0.5) is 0 Å². The third kappa shape index (κ3) is 5.04. The van der Waals surface area contributed by atoms with Crippen LogP contribution in [0.15, 0.2) is 12.1 Å². The van der Waals surface area contributed by atoms with Gasteiger partial charge in [0.25, 0.3) is 0 Å². The lowest BCUT2D eigenvalue weighted by Crippen LogP contribution is -2.43. The molecule has 1 fully saturated rings. The lowest BCUT2D eigenvalue weighted by Gasteiger charge is -2.30. The molecule has 8 nitrogen and oxygen atoms in total. The summed E-state index contributed by atoms with van der Waals surface area (Å²) < 4.78 is 41.2. The molecule has 0 radical (unpaired) electrons. The van der Waals surface area contributed by atoms with Crippen LogP contribution in [0, 0.1) is 5.92 Å². The molecule has 1 aliphatic rings. The fraction of sp³-hybridized carbons (Fsp3) is 0.611. The number of ether oxygens (including phenoxy) is 3. The van der Waals surface area contributed by atoms with Gasteiger partial charge in [-0.05, 0) is 37.5 Å². The highest BCUT2D eigenvalue weighted by Crippen LogP contribution is 2.38. The monoisotopic (exact) mass is 400 g/mol. The van der Waals surface area contributed by atoms with E-state index < -0.39 is 10.0 Å². The minimum Gasteiger partial charge on any atom is -0.493 e. The molecule has 0 spiro atoms. The van der Waals surface area contributed by atoms with Gasteiger partial charge in [-0.15, -0.1) is 0 Å². The van der Waals surface area contributed by atoms with E-state index in [2.05, 4.69) is 5.32 Å². The van der Waals surface area contributed by atoms with Gasteiger partial charge in [0, 0.05) is 25.6 Å². The first-order valence-electron chi connectivity index (χ1n) is 8.90. The van der Waals surface area contributed by atoms with Crippen molar-refractivity contribution in [2.75, 3.05) is 40.2 Å². The lowest BCUT2D eigenvalue weighted by molar-refractivity contribution is -0.126. The number of sulfonamides is 1. The number of nitrogens with one attached hydrogen (secondary N) is 1. The van der Waals surface area contributed by atoms with Crippen LogP contribution in [0.3, 0.4) is 0 Å². The van der Waals surface area contributed by atoms with E-state index in [0.717, 1.165) is 5.56 Å². The molecule has 1 heterocycles. The Labute approximate surface area is 160 Å². The maximum atomic E-state index is 12.5. The zero-order chi connectivity index (χ0) is 20.0. The van der Waals surface area contributed by atoms with E-state index in [-0.39, 0.29) is 17.6 Å². The molecule has 152 valence electrons. The minimum atomic E-state index is -3.19. The maximum Gasteiger partial charge on any atom is 0.223 e. The van der Waals surface area contributed by atoms with Gasteiger partial charge < -0.3 is 19.5 Å². The number of carbonyl (C=O) groups is 1. The number of benzene rings is 1. The van der Waals surface area contributed by atoms with Crippen molar-refractivity contribution in [1.29, 1.82) is 0 Å². The second-order valence-electron chi connectivity index (χ2n) is 6.33. The summed E-state index contributed by atoms with van der Waals surface area (Å²) in [7, 11) is 1.43. The normalized spacial score (nSPS) is 16.0. The SMILES string of the molecule is CCS(=O)(=O)N1CCC(C(=O)NCc2cc(OC)c(OC)c(OC)c2)CC1. The maximum absolute atomic E-state index is 12.5. The smallest absolute Gasteiger partial charge is 0.223 e. The van der Waals surface area contributed by atoms with E-state index in [1.807, 2.05) is 0 Å². The predicted octanol–water partition coefficient (Wildman–Crippen LogP) is 1.39. The number of carbonyl (C=O) groups excluding carboxylic acids is 1. The van der Waals surface area contributed by atoms with Gasteiger partial charge >= 0.3 is 0 Å². The Morgan fingerprint density at radius 3 is 2.11 bits per heavy atom. The number of methoxy groups -OCH3 is 3. The molecule has 0 aliphatic carbocycles. The van der Waals surface area contributed by atoms with Crippen molar-refractivity contribution < 1.29 is 27.4 Å².